The van der Waals surface area contributed by atoms with Crippen LogP contribution in [0.15, 0.2) is 46.7 Å². The van der Waals surface area contributed by atoms with Crippen LogP contribution in [-0.4, -0.2) is 21.0 Å². The molecule has 0 unspecified atom stereocenters. The van der Waals surface area contributed by atoms with Gasteiger partial charge in [-0.1, -0.05) is 18.2 Å². The summed E-state index contributed by atoms with van der Waals surface area (Å²) in [7, 11) is 0. The first-order chi connectivity index (χ1) is 11.0. The zero-order valence-corrected chi connectivity index (χ0v) is 13.3. The molecule has 1 aromatic heterocycles. The zero-order valence-electron chi connectivity index (χ0n) is 11.7. The van der Waals surface area contributed by atoms with Gasteiger partial charge in [-0.05, 0) is 34.8 Å². The van der Waals surface area contributed by atoms with E-state index >= 15 is 0 Å². The van der Waals surface area contributed by atoms with Gasteiger partial charge in [0.1, 0.15) is 0 Å². The lowest BCUT2D eigenvalue weighted by molar-refractivity contribution is -0.384. The van der Waals surface area contributed by atoms with Crippen LogP contribution in [0.4, 0.5) is 10.5 Å². The molecule has 23 heavy (non-hydrogen) atoms. The monoisotopic (exact) mass is 346 g/mol. The molecular formula is C15H10N2O4S2. The highest BCUT2D eigenvalue weighted by molar-refractivity contribution is 8.18. The molecule has 0 aliphatic carbocycles. The largest absolute Gasteiger partial charge is 0.293 e. The van der Waals surface area contributed by atoms with Crippen molar-refractivity contribution in [3.05, 3.63) is 67.2 Å². The molecule has 0 radical (unpaired) electrons. The molecule has 116 valence electrons. The zero-order chi connectivity index (χ0) is 16.4. The van der Waals surface area contributed by atoms with Crippen molar-refractivity contribution >= 4 is 46.0 Å². The number of nitrogens with zero attached hydrogens (tertiary/aromatic N) is 2. The molecule has 1 fully saturated rings. The Morgan fingerprint density at radius 1 is 1.17 bits per heavy atom. The van der Waals surface area contributed by atoms with Crippen molar-refractivity contribution in [2.24, 2.45) is 0 Å². The highest BCUT2D eigenvalue weighted by atomic mass is 32.2. The van der Waals surface area contributed by atoms with E-state index in [1.54, 1.807) is 18.2 Å². The van der Waals surface area contributed by atoms with E-state index in [0.29, 0.717) is 10.5 Å². The normalized spacial score (nSPS) is 16.3. The van der Waals surface area contributed by atoms with Gasteiger partial charge in [0.15, 0.2) is 0 Å². The van der Waals surface area contributed by atoms with Gasteiger partial charge in [0, 0.05) is 17.0 Å². The lowest BCUT2D eigenvalue weighted by atomic mass is 10.2. The van der Waals surface area contributed by atoms with Crippen molar-refractivity contribution in [2.45, 2.75) is 6.54 Å². The van der Waals surface area contributed by atoms with E-state index in [1.807, 2.05) is 17.5 Å². The second-order valence-electron chi connectivity index (χ2n) is 4.71. The maximum absolute atomic E-state index is 12.3. The summed E-state index contributed by atoms with van der Waals surface area (Å²) in [6, 6.07) is 9.55. The van der Waals surface area contributed by atoms with E-state index < -0.39 is 4.92 Å². The molecule has 2 heterocycles. The van der Waals surface area contributed by atoms with E-state index in [2.05, 4.69) is 0 Å². The first-order valence-electron chi connectivity index (χ1n) is 6.57. The maximum atomic E-state index is 12.3. The van der Waals surface area contributed by atoms with Gasteiger partial charge in [0.05, 0.1) is 16.4 Å². The summed E-state index contributed by atoms with van der Waals surface area (Å²) in [4.78, 5) is 36.9. The van der Waals surface area contributed by atoms with Crippen molar-refractivity contribution in [2.75, 3.05) is 0 Å². The second-order valence-corrected chi connectivity index (χ2v) is 6.68. The number of hydrogen-bond acceptors (Lipinski definition) is 6. The van der Waals surface area contributed by atoms with Gasteiger partial charge in [-0.15, -0.1) is 11.3 Å². The lowest BCUT2D eigenvalue weighted by Gasteiger charge is -2.12. The first-order valence-corrected chi connectivity index (χ1v) is 8.26. The number of hydrogen-bond donors (Lipinski definition) is 0. The minimum absolute atomic E-state index is 0.0273. The highest BCUT2D eigenvalue weighted by Crippen LogP contribution is 2.34. The predicted molar refractivity (Wildman–Crippen MR) is 88.9 cm³/mol. The molecule has 0 bridgehead atoms. The molecule has 0 atom stereocenters. The number of carbonyl (C=O) groups excluding carboxylic acids is 2. The minimum atomic E-state index is -0.492. The van der Waals surface area contributed by atoms with Crippen LogP contribution < -0.4 is 0 Å². The number of carbonyl (C=O) groups is 2. The summed E-state index contributed by atoms with van der Waals surface area (Å²) < 4.78 is 0. The fourth-order valence-electron chi connectivity index (χ4n) is 2.04. The third-order valence-corrected chi connectivity index (χ3v) is 4.90. The maximum Gasteiger partial charge on any atom is 0.293 e. The number of amides is 2. The third kappa shape index (κ3) is 3.33. The van der Waals surface area contributed by atoms with Crippen molar-refractivity contribution in [3.63, 3.8) is 0 Å². The Hall–Kier alpha value is -2.45. The molecule has 1 aromatic carbocycles. The molecule has 8 heteroatoms. The average molecular weight is 346 g/mol. The molecule has 0 N–H and O–H groups in total. The molecule has 6 nitrogen and oxygen atoms in total. The fourth-order valence-corrected chi connectivity index (χ4v) is 3.61. The third-order valence-electron chi connectivity index (χ3n) is 3.18. The molecule has 2 amide bonds. The van der Waals surface area contributed by atoms with E-state index in [0.717, 1.165) is 21.5 Å². The molecular weight excluding hydrogens is 336 g/mol. The number of benzene rings is 1. The van der Waals surface area contributed by atoms with Crippen molar-refractivity contribution in [1.29, 1.82) is 0 Å². The summed E-state index contributed by atoms with van der Waals surface area (Å²) >= 11 is 2.39. The summed E-state index contributed by atoms with van der Waals surface area (Å²) in [6.07, 6.45) is 1.70. The van der Waals surface area contributed by atoms with E-state index in [1.165, 1.54) is 23.5 Å². The predicted octanol–water partition coefficient (Wildman–Crippen LogP) is 3.89. The summed E-state index contributed by atoms with van der Waals surface area (Å²) in [6.45, 7) is 0.102. The van der Waals surface area contributed by atoms with Gasteiger partial charge in [-0.2, -0.15) is 0 Å². The number of thioether (sulfide) groups is 1. The summed E-state index contributed by atoms with van der Waals surface area (Å²) in [5.74, 6) is -0.341. The van der Waals surface area contributed by atoms with Crippen LogP contribution in [-0.2, 0) is 11.3 Å². The summed E-state index contributed by atoms with van der Waals surface area (Å²) in [5, 5.41) is 12.2. The Kier molecular flexibility index (Phi) is 4.26. The molecule has 0 spiro atoms. The van der Waals surface area contributed by atoms with E-state index in [-0.39, 0.29) is 23.4 Å². The second kappa shape index (κ2) is 6.35. The number of nitro groups is 1. The van der Waals surface area contributed by atoms with Crippen molar-refractivity contribution < 1.29 is 14.5 Å². The fraction of sp³-hybridized carbons (Fsp3) is 0.0667. The molecule has 2 aromatic rings. The molecule has 1 aliphatic heterocycles. The van der Waals surface area contributed by atoms with Gasteiger partial charge in [0.2, 0.25) is 0 Å². The van der Waals surface area contributed by atoms with Crippen molar-refractivity contribution in [3.8, 4) is 0 Å². The number of non-ortho nitro benzene ring substituents is 1. The molecule has 1 saturated heterocycles. The van der Waals surface area contributed by atoms with Gasteiger partial charge in [-0.25, -0.2) is 0 Å². The Bertz CT molecular complexity index is 797. The molecule has 1 aliphatic rings. The van der Waals surface area contributed by atoms with Crippen molar-refractivity contribution in [1.82, 2.24) is 4.90 Å². The Morgan fingerprint density at radius 3 is 2.52 bits per heavy atom. The topological polar surface area (TPSA) is 80.5 Å². The van der Waals surface area contributed by atoms with Crippen LogP contribution in [0, 0.1) is 10.1 Å². The lowest BCUT2D eigenvalue weighted by Crippen LogP contribution is -2.27. The quantitative estimate of drug-likeness (QED) is 0.476. The average Bonchev–Trinajstić information content (AvgIpc) is 3.12. The Balaban J connectivity index is 1.77. The number of imide groups is 1. The first kappa shape index (κ1) is 15.4. The summed E-state index contributed by atoms with van der Waals surface area (Å²) in [5.41, 5.74) is 0.635. The molecule has 3 rings (SSSR count). The van der Waals surface area contributed by atoms with Crippen LogP contribution in [0.25, 0.3) is 6.08 Å². The minimum Gasteiger partial charge on any atom is -0.268 e. The molecule has 0 saturated carbocycles. The highest BCUT2D eigenvalue weighted by Gasteiger charge is 2.35. The van der Waals surface area contributed by atoms with E-state index in [4.69, 9.17) is 0 Å². The van der Waals surface area contributed by atoms with Gasteiger partial charge < -0.3 is 0 Å². The standard InChI is InChI=1S/C15H10N2O4S2/c18-14-13(8-12-2-1-7-22-12)23-15(19)16(14)9-10-3-5-11(6-4-10)17(20)21/h1-8H,9H2/b13-8+. The van der Waals surface area contributed by atoms with Crippen LogP contribution in [0.3, 0.4) is 0 Å². The number of rotatable bonds is 4. The van der Waals surface area contributed by atoms with Gasteiger partial charge >= 0.3 is 0 Å². The Morgan fingerprint density at radius 2 is 1.91 bits per heavy atom. The van der Waals surface area contributed by atoms with Gasteiger partial charge in [0.25, 0.3) is 16.8 Å². The van der Waals surface area contributed by atoms with Crippen LogP contribution >= 0.6 is 23.1 Å². The number of nitro benzene ring substituents is 1. The van der Waals surface area contributed by atoms with Crippen LogP contribution in [0.2, 0.25) is 0 Å². The Labute approximate surface area is 139 Å². The number of thiophene rings is 1. The van der Waals surface area contributed by atoms with E-state index in [9.17, 15) is 19.7 Å². The van der Waals surface area contributed by atoms with Crippen LogP contribution in [0.1, 0.15) is 10.4 Å². The SMILES string of the molecule is O=C1S/C(=C/c2cccs2)C(=O)N1Cc1ccc([N+](=O)[O-])cc1. The van der Waals surface area contributed by atoms with Crippen LogP contribution in [0.5, 0.6) is 0 Å². The van der Waals surface area contributed by atoms with Gasteiger partial charge in [-0.3, -0.25) is 24.6 Å². The smallest absolute Gasteiger partial charge is 0.268 e.